The van der Waals surface area contributed by atoms with Crippen LogP contribution >= 0.6 is 15.9 Å². The summed E-state index contributed by atoms with van der Waals surface area (Å²) >= 11 is 3.42. The summed E-state index contributed by atoms with van der Waals surface area (Å²) in [6.45, 7) is 4.16. The monoisotopic (exact) mass is 329 g/mol. The molecule has 19 heavy (non-hydrogen) atoms. The molecule has 0 unspecified atom stereocenters. The van der Waals surface area contributed by atoms with E-state index >= 15 is 0 Å². The highest BCUT2D eigenvalue weighted by Gasteiger charge is 2.39. The van der Waals surface area contributed by atoms with E-state index in [4.69, 9.17) is 4.74 Å². The largest absolute Gasteiger partial charge is 0.486 e. The molecule has 0 atom stereocenters. The van der Waals surface area contributed by atoms with Crippen molar-refractivity contribution in [3.05, 3.63) is 28.5 Å². The van der Waals surface area contributed by atoms with E-state index < -0.39 is 0 Å². The molecule has 1 aromatic carbocycles. The maximum absolute atomic E-state index is 13.3. The van der Waals surface area contributed by atoms with Crippen molar-refractivity contribution in [1.29, 1.82) is 0 Å². The van der Waals surface area contributed by atoms with Crippen LogP contribution in [0.1, 0.15) is 39.0 Å². The molecule has 0 amide bonds. The molecule has 1 aliphatic rings. The minimum absolute atomic E-state index is 0.100. The summed E-state index contributed by atoms with van der Waals surface area (Å²) < 4.78 is 20.2. The van der Waals surface area contributed by atoms with Crippen molar-refractivity contribution in [1.82, 2.24) is 5.32 Å². The van der Waals surface area contributed by atoms with Gasteiger partial charge in [-0.25, -0.2) is 4.39 Å². The highest BCUT2D eigenvalue weighted by molar-refractivity contribution is 9.10. The number of rotatable bonds is 7. The molecule has 1 aliphatic carbocycles. The van der Waals surface area contributed by atoms with Gasteiger partial charge < -0.3 is 10.1 Å². The number of benzene rings is 1. The SMILES string of the molecule is CCCNCCC1(Oc2cc(F)ccc2Br)CCC1. The predicted octanol–water partition coefficient (Wildman–Crippen LogP) is 4.28. The molecule has 106 valence electrons. The fourth-order valence-electron chi connectivity index (χ4n) is 2.38. The van der Waals surface area contributed by atoms with Crippen molar-refractivity contribution in [3.8, 4) is 5.75 Å². The van der Waals surface area contributed by atoms with E-state index in [0.29, 0.717) is 5.75 Å². The van der Waals surface area contributed by atoms with Crippen LogP contribution in [0.5, 0.6) is 5.75 Å². The smallest absolute Gasteiger partial charge is 0.137 e. The van der Waals surface area contributed by atoms with Gasteiger partial charge >= 0.3 is 0 Å². The molecule has 0 aliphatic heterocycles. The zero-order valence-corrected chi connectivity index (χ0v) is 12.9. The third kappa shape index (κ3) is 3.93. The Kier molecular flexibility index (Phi) is 5.22. The van der Waals surface area contributed by atoms with Crippen LogP contribution in [-0.2, 0) is 0 Å². The highest BCUT2D eigenvalue weighted by atomic mass is 79.9. The van der Waals surface area contributed by atoms with Crippen molar-refractivity contribution in [2.45, 2.75) is 44.6 Å². The summed E-state index contributed by atoms with van der Waals surface area (Å²) in [5.41, 5.74) is -0.100. The average molecular weight is 330 g/mol. The number of hydrogen-bond acceptors (Lipinski definition) is 2. The predicted molar refractivity (Wildman–Crippen MR) is 79.1 cm³/mol. The molecule has 2 nitrogen and oxygen atoms in total. The van der Waals surface area contributed by atoms with E-state index in [9.17, 15) is 4.39 Å². The molecule has 1 saturated carbocycles. The van der Waals surface area contributed by atoms with Gasteiger partial charge in [0.15, 0.2) is 0 Å². The average Bonchev–Trinajstić information content (AvgIpc) is 2.35. The summed E-state index contributed by atoms with van der Waals surface area (Å²) in [5.74, 6) is 0.368. The van der Waals surface area contributed by atoms with Crippen molar-refractivity contribution >= 4 is 15.9 Å². The van der Waals surface area contributed by atoms with Crippen LogP contribution in [0.2, 0.25) is 0 Å². The lowest BCUT2D eigenvalue weighted by molar-refractivity contribution is -0.0150. The molecular weight excluding hydrogens is 309 g/mol. The summed E-state index contributed by atoms with van der Waals surface area (Å²) in [6, 6.07) is 4.60. The van der Waals surface area contributed by atoms with Gasteiger partial charge in [-0.1, -0.05) is 6.92 Å². The highest BCUT2D eigenvalue weighted by Crippen LogP contribution is 2.41. The molecule has 0 radical (unpaired) electrons. The molecule has 0 aromatic heterocycles. The van der Waals surface area contributed by atoms with E-state index in [2.05, 4.69) is 28.2 Å². The fourth-order valence-corrected chi connectivity index (χ4v) is 2.71. The van der Waals surface area contributed by atoms with Crippen LogP contribution in [0, 0.1) is 5.82 Å². The Hall–Kier alpha value is -0.610. The van der Waals surface area contributed by atoms with E-state index in [0.717, 1.165) is 43.2 Å². The van der Waals surface area contributed by atoms with E-state index in [1.54, 1.807) is 6.07 Å². The summed E-state index contributed by atoms with van der Waals surface area (Å²) in [5, 5.41) is 3.40. The Morgan fingerprint density at radius 2 is 2.16 bits per heavy atom. The Morgan fingerprint density at radius 3 is 2.79 bits per heavy atom. The number of nitrogens with one attached hydrogen (secondary N) is 1. The molecule has 0 bridgehead atoms. The Labute approximate surface area is 122 Å². The third-order valence-corrected chi connectivity index (χ3v) is 4.32. The molecule has 2 rings (SSSR count). The van der Waals surface area contributed by atoms with Gasteiger partial charge in [-0.15, -0.1) is 0 Å². The second-order valence-electron chi connectivity index (χ2n) is 5.21. The Bertz CT molecular complexity index is 421. The minimum atomic E-state index is -0.253. The summed E-state index contributed by atoms with van der Waals surface area (Å²) in [7, 11) is 0. The van der Waals surface area contributed by atoms with E-state index in [-0.39, 0.29) is 11.4 Å². The second kappa shape index (κ2) is 6.71. The van der Waals surface area contributed by atoms with Crippen molar-refractivity contribution < 1.29 is 9.13 Å². The zero-order valence-electron chi connectivity index (χ0n) is 11.3. The lowest BCUT2D eigenvalue weighted by atomic mass is 9.77. The number of ether oxygens (including phenoxy) is 1. The first-order chi connectivity index (χ1) is 9.15. The summed E-state index contributed by atoms with van der Waals surface area (Å²) in [6.07, 6.45) is 5.44. The van der Waals surface area contributed by atoms with Crippen LogP contribution in [0.25, 0.3) is 0 Å². The lowest BCUT2D eigenvalue weighted by Gasteiger charge is -2.42. The van der Waals surface area contributed by atoms with Gasteiger partial charge in [0.2, 0.25) is 0 Å². The molecular formula is C15H21BrFNO. The van der Waals surface area contributed by atoms with Crippen LogP contribution in [-0.4, -0.2) is 18.7 Å². The van der Waals surface area contributed by atoms with Gasteiger partial charge in [0.1, 0.15) is 17.2 Å². The normalized spacial score (nSPS) is 17.0. The van der Waals surface area contributed by atoms with Crippen LogP contribution in [0.4, 0.5) is 4.39 Å². The maximum atomic E-state index is 13.3. The Morgan fingerprint density at radius 1 is 1.37 bits per heavy atom. The number of hydrogen-bond donors (Lipinski definition) is 1. The third-order valence-electron chi connectivity index (χ3n) is 3.67. The maximum Gasteiger partial charge on any atom is 0.137 e. The second-order valence-corrected chi connectivity index (χ2v) is 6.07. The quantitative estimate of drug-likeness (QED) is 0.754. The van der Waals surface area contributed by atoms with Crippen LogP contribution in [0.3, 0.4) is 0 Å². The van der Waals surface area contributed by atoms with E-state index in [1.807, 2.05) is 0 Å². The standard InChI is InChI=1S/C15H21BrFNO/c1-2-9-18-10-8-15(6-3-7-15)19-14-11-12(17)4-5-13(14)16/h4-5,11,18H,2-3,6-10H2,1H3. The zero-order chi connectivity index (χ0) is 13.7. The number of halogens is 2. The first-order valence-corrected chi connectivity index (χ1v) is 7.79. The minimum Gasteiger partial charge on any atom is -0.486 e. The van der Waals surface area contributed by atoms with Gasteiger partial charge in [-0.05, 0) is 73.3 Å². The molecule has 1 N–H and O–H groups in total. The molecule has 4 heteroatoms. The van der Waals surface area contributed by atoms with Gasteiger partial charge in [0, 0.05) is 6.07 Å². The Balaban J connectivity index is 1.96. The van der Waals surface area contributed by atoms with Crippen LogP contribution in [0.15, 0.2) is 22.7 Å². The van der Waals surface area contributed by atoms with Crippen molar-refractivity contribution in [3.63, 3.8) is 0 Å². The van der Waals surface area contributed by atoms with Gasteiger partial charge in [0.25, 0.3) is 0 Å². The molecule has 0 heterocycles. The molecule has 0 saturated heterocycles. The van der Waals surface area contributed by atoms with Gasteiger partial charge in [-0.2, -0.15) is 0 Å². The van der Waals surface area contributed by atoms with Crippen molar-refractivity contribution in [2.75, 3.05) is 13.1 Å². The van der Waals surface area contributed by atoms with Gasteiger partial charge in [0.05, 0.1) is 4.47 Å². The molecule has 0 spiro atoms. The first-order valence-electron chi connectivity index (χ1n) is 7.00. The molecule has 1 fully saturated rings. The van der Waals surface area contributed by atoms with Crippen molar-refractivity contribution in [2.24, 2.45) is 0 Å². The fraction of sp³-hybridized carbons (Fsp3) is 0.600. The lowest BCUT2D eigenvalue weighted by Crippen LogP contribution is -2.45. The van der Waals surface area contributed by atoms with Crippen LogP contribution < -0.4 is 10.1 Å². The topological polar surface area (TPSA) is 21.3 Å². The van der Waals surface area contributed by atoms with Gasteiger partial charge in [-0.3, -0.25) is 0 Å². The summed E-state index contributed by atoms with van der Waals surface area (Å²) in [4.78, 5) is 0. The first kappa shape index (κ1) is 14.8. The van der Waals surface area contributed by atoms with E-state index in [1.165, 1.54) is 18.6 Å². The molecule has 1 aromatic rings.